The summed E-state index contributed by atoms with van der Waals surface area (Å²) in [4.78, 5) is 41.5. The van der Waals surface area contributed by atoms with Gasteiger partial charge < -0.3 is 15.2 Å². The van der Waals surface area contributed by atoms with E-state index < -0.39 is 0 Å². The lowest BCUT2D eigenvalue weighted by molar-refractivity contribution is -0.125. The van der Waals surface area contributed by atoms with Crippen LogP contribution in [0.4, 0.5) is 11.8 Å². The summed E-state index contributed by atoms with van der Waals surface area (Å²) in [6.45, 7) is 5.14. The number of nitrogens with one attached hydrogen (secondary N) is 1. The van der Waals surface area contributed by atoms with E-state index >= 15 is 0 Å². The second kappa shape index (κ2) is 8.56. The number of carbonyl (C=O) groups excluding carboxylic acids is 2. The summed E-state index contributed by atoms with van der Waals surface area (Å²) in [7, 11) is 0. The van der Waals surface area contributed by atoms with Crippen molar-refractivity contribution in [2.24, 2.45) is 5.41 Å². The largest absolute Gasteiger partial charge is 0.384 e. The minimum absolute atomic E-state index is 0.00340. The molecule has 4 aromatic rings. The summed E-state index contributed by atoms with van der Waals surface area (Å²) in [5, 5.41) is 3.04. The Labute approximate surface area is 211 Å². The molecule has 4 heterocycles. The third kappa shape index (κ3) is 3.83. The molecule has 1 saturated carbocycles. The molecule has 1 aliphatic carbocycles. The predicted octanol–water partition coefficient (Wildman–Crippen LogP) is 4.13. The number of likely N-dealkylation sites (tertiary alicyclic amines) is 1. The van der Waals surface area contributed by atoms with Gasteiger partial charge in [-0.2, -0.15) is 0 Å². The number of para-hydroxylation sites is 2. The molecule has 0 bridgehead atoms. The van der Waals surface area contributed by atoms with Crippen molar-refractivity contribution in [3.05, 3.63) is 66.3 Å². The Hall–Kier alpha value is -4.05. The zero-order valence-corrected chi connectivity index (χ0v) is 20.4. The van der Waals surface area contributed by atoms with Crippen LogP contribution in [-0.2, 0) is 4.79 Å². The maximum atomic E-state index is 13.2. The number of aromatic nitrogens is 4. The highest BCUT2D eigenvalue weighted by Gasteiger charge is 2.50. The molecule has 1 saturated heterocycles. The third-order valence-corrected chi connectivity index (χ3v) is 8.33. The van der Waals surface area contributed by atoms with E-state index in [4.69, 9.17) is 10.7 Å². The summed E-state index contributed by atoms with van der Waals surface area (Å²) in [5.41, 5.74) is 8.41. The summed E-state index contributed by atoms with van der Waals surface area (Å²) in [6, 6.07) is 13.5. The smallest absolute Gasteiger partial charge is 0.268 e. The normalized spacial score (nSPS) is 21.0. The van der Waals surface area contributed by atoms with Gasteiger partial charge in [0.25, 0.3) is 5.91 Å². The van der Waals surface area contributed by atoms with Gasteiger partial charge in [0.1, 0.15) is 12.1 Å². The number of fused-ring (bicyclic) bond motifs is 1. The lowest BCUT2D eigenvalue weighted by Crippen LogP contribution is -2.42. The monoisotopic (exact) mass is 499 g/mol. The SMILES string of the molecule is C=CC(=O)N1CC[C@]2(C1)C[C@H](n1c(NC(=O)c3ccc(-c4cc(N)ncn4)s3)nc3ccccc31)C2. The van der Waals surface area contributed by atoms with E-state index in [9.17, 15) is 9.59 Å². The van der Waals surface area contributed by atoms with Crippen LogP contribution >= 0.6 is 11.3 Å². The molecule has 36 heavy (non-hydrogen) atoms. The van der Waals surface area contributed by atoms with Gasteiger partial charge in [-0.05, 0) is 55.0 Å². The Kier molecular flexibility index (Phi) is 5.33. The lowest BCUT2D eigenvalue weighted by atomic mass is 9.65. The van der Waals surface area contributed by atoms with Crippen LogP contribution < -0.4 is 11.1 Å². The maximum absolute atomic E-state index is 13.2. The van der Waals surface area contributed by atoms with E-state index in [2.05, 4.69) is 26.4 Å². The molecule has 6 rings (SSSR count). The Morgan fingerprint density at radius 3 is 2.83 bits per heavy atom. The average molecular weight is 500 g/mol. The molecule has 0 radical (unpaired) electrons. The van der Waals surface area contributed by atoms with Crippen LogP contribution in [0.3, 0.4) is 0 Å². The number of nitrogens with two attached hydrogens (primary N) is 1. The first-order valence-corrected chi connectivity index (χ1v) is 12.6. The highest BCUT2D eigenvalue weighted by atomic mass is 32.1. The van der Waals surface area contributed by atoms with Crippen molar-refractivity contribution in [2.45, 2.75) is 25.3 Å². The average Bonchev–Trinajstić information content (AvgIpc) is 3.59. The van der Waals surface area contributed by atoms with E-state index in [1.807, 2.05) is 35.2 Å². The predicted molar refractivity (Wildman–Crippen MR) is 140 cm³/mol. The minimum atomic E-state index is -0.220. The Bertz CT molecular complexity index is 1500. The highest BCUT2D eigenvalue weighted by molar-refractivity contribution is 7.17. The first kappa shape index (κ1) is 22.4. The summed E-state index contributed by atoms with van der Waals surface area (Å²) in [5.74, 6) is 0.698. The number of amides is 2. The number of rotatable bonds is 5. The Morgan fingerprint density at radius 2 is 2.03 bits per heavy atom. The van der Waals surface area contributed by atoms with Crippen LogP contribution in [0.5, 0.6) is 0 Å². The maximum Gasteiger partial charge on any atom is 0.268 e. The van der Waals surface area contributed by atoms with Crippen LogP contribution in [0.1, 0.15) is 35.0 Å². The molecule has 10 heteroatoms. The standard InChI is InChI=1S/C26H25N7O2S/c1-2-23(34)32-10-9-26(14-32)12-16(13-26)33-19-6-4-3-5-17(19)30-25(33)31-24(35)21-8-7-20(36-21)18-11-22(27)29-15-28-18/h2-8,11,15-16H,1,9-10,12-14H2,(H2,27,28,29)(H,30,31,35)/t16-,26-. The number of nitrogens with zero attached hydrogens (tertiary/aromatic N) is 5. The molecule has 182 valence electrons. The first-order chi connectivity index (χ1) is 17.4. The van der Waals surface area contributed by atoms with Crippen molar-refractivity contribution in [2.75, 3.05) is 24.1 Å². The molecular formula is C26H25N7O2S. The molecule has 2 amide bonds. The molecule has 2 aliphatic rings. The van der Waals surface area contributed by atoms with E-state index in [0.29, 0.717) is 22.3 Å². The zero-order chi connectivity index (χ0) is 24.9. The Balaban J connectivity index is 1.24. The van der Waals surface area contributed by atoms with Gasteiger partial charge in [-0.25, -0.2) is 15.0 Å². The number of imidazole rings is 1. The molecule has 1 aliphatic heterocycles. The second-order valence-electron chi connectivity index (χ2n) is 9.52. The van der Waals surface area contributed by atoms with Crippen LogP contribution in [0.25, 0.3) is 21.6 Å². The van der Waals surface area contributed by atoms with E-state index in [1.54, 1.807) is 12.1 Å². The summed E-state index contributed by atoms with van der Waals surface area (Å²) < 4.78 is 2.15. The number of carbonyl (C=O) groups is 2. The zero-order valence-electron chi connectivity index (χ0n) is 19.6. The van der Waals surface area contributed by atoms with Gasteiger partial charge in [0.2, 0.25) is 11.9 Å². The number of hydrogen-bond acceptors (Lipinski definition) is 7. The second-order valence-corrected chi connectivity index (χ2v) is 10.6. The highest BCUT2D eigenvalue weighted by Crippen LogP contribution is 2.55. The minimum Gasteiger partial charge on any atom is -0.384 e. The van der Waals surface area contributed by atoms with Gasteiger partial charge in [0.05, 0.1) is 26.5 Å². The quantitative estimate of drug-likeness (QED) is 0.399. The van der Waals surface area contributed by atoms with Crippen LogP contribution in [0.15, 0.2) is 61.4 Å². The lowest BCUT2D eigenvalue weighted by Gasteiger charge is -2.46. The molecule has 2 fully saturated rings. The van der Waals surface area contributed by atoms with Gasteiger partial charge in [0.15, 0.2) is 0 Å². The molecule has 3 N–H and O–H groups in total. The molecule has 0 unspecified atom stereocenters. The van der Waals surface area contributed by atoms with Gasteiger partial charge in [-0.1, -0.05) is 18.7 Å². The number of thiophene rings is 1. The van der Waals surface area contributed by atoms with Crippen molar-refractivity contribution in [1.82, 2.24) is 24.4 Å². The van der Waals surface area contributed by atoms with Gasteiger partial charge in [-0.3, -0.25) is 14.9 Å². The molecule has 9 nitrogen and oxygen atoms in total. The number of anilines is 2. The van der Waals surface area contributed by atoms with E-state index in [-0.39, 0.29) is 23.3 Å². The van der Waals surface area contributed by atoms with Crippen molar-refractivity contribution in [3.63, 3.8) is 0 Å². The number of nitrogen functional groups attached to an aromatic ring is 1. The molecule has 1 aromatic carbocycles. The number of hydrogen-bond donors (Lipinski definition) is 2. The van der Waals surface area contributed by atoms with E-state index in [0.717, 1.165) is 48.3 Å². The molecule has 1 spiro atoms. The number of benzene rings is 1. The molecular weight excluding hydrogens is 474 g/mol. The van der Waals surface area contributed by atoms with Gasteiger partial charge in [-0.15, -0.1) is 11.3 Å². The fraction of sp³-hybridized carbons (Fsp3) is 0.269. The van der Waals surface area contributed by atoms with Gasteiger partial charge in [0, 0.05) is 25.2 Å². The fourth-order valence-corrected chi connectivity index (χ4v) is 6.35. The fourth-order valence-electron chi connectivity index (χ4n) is 5.48. The summed E-state index contributed by atoms with van der Waals surface area (Å²) in [6.07, 6.45) is 5.67. The topological polar surface area (TPSA) is 119 Å². The van der Waals surface area contributed by atoms with Crippen molar-refractivity contribution >= 4 is 46.0 Å². The Morgan fingerprint density at radius 1 is 1.19 bits per heavy atom. The van der Waals surface area contributed by atoms with Crippen molar-refractivity contribution in [1.29, 1.82) is 0 Å². The van der Waals surface area contributed by atoms with Crippen LogP contribution in [0, 0.1) is 5.41 Å². The third-order valence-electron chi connectivity index (χ3n) is 7.22. The molecule has 0 atom stereocenters. The van der Waals surface area contributed by atoms with Crippen molar-refractivity contribution < 1.29 is 9.59 Å². The molecule has 3 aromatic heterocycles. The van der Waals surface area contributed by atoms with Crippen molar-refractivity contribution in [3.8, 4) is 10.6 Å². The van der Waals surface area contributed by atoms with Crippen LogP contribution in [0.2, 0.25) is 0 Å². The summed E-state index contributed by atoms with van der Waals surface area (Å²) >= 11 is 1.34. The first-order valence-electron chi connectivity index (χ1n) is 11.8. The van der Waals surface area contributed by atoms with Crippen LogP contribution in [-0.4, -0.2) is 49.3 Å². The van der Waals surface area contributed by atoms with Gasteiger partial charge >= 0.3 is 0 Å². The van der Waals surface area contributed by atoms with E-state index in [1.165, 1.54) is 23.7 Å².